The molecule has 1 aromatic heterocycles. The number of hydrogen-bond acceptors (Lipinski definition) is 3. The molecule has 0 bridgehead atoms. The van der Waals surface area contributed by atoms with Crippen LogP contribution in [0.2, 0.25) is 0 Å². The Hall–Kier alpha value is -2.23. The van der Waals surface area contributed by atoms with Gasteiger partial charge in [0.15, 0.2) is 0 Å². The molecule has 0 spiro atoms. The highest BCUT2D eigenvalue weighted by Gasteiger charge is 2.23. The van der Waals surface area contributed by atoms with Crippen molar-refractivity contribution >= 4 is 27.8 Å². The minimum absolute atomic E-state index is 0.683. The Morgan fingerprint density at radius 1 is 0.950 bits per heavy atom. The Kier molecular flexibility index (Phi) is 2.39. The van der Waals surface area contributed by atoms with Crippen molar-refractivity contribution in [1.82, 2.24) is 4.98 Å². The van der Waals surface area contributed by atoms with Crippen molar-refractivity contribution in [2.24, 2.45) is 0 Å². The van der Waals surface area contributed by atoms with Crippen molar-refractivity contribution in [2.75, 3.05) is 0 Å². The monoisotopic (exact) mass is 263 g/mol. The molecule has 3 heteroatoms. The molecule has 0 saturated heterocycles. The molecule has 0 radical (unpaired) electrons. The molecule has 0 unspecified atom stereocenters. The third kappa shape index (κ3) is 1.57. The topological polar surface area (TPSA) is 53.4 Å². The van der Waals surface area contributed by atoms with E-state index in [2.05, 4.69) is 17.1 Å². The van der Waals surface area contributed by atoms with Crippen LogP contribution in [0, 0.1) is 0 Å². The molecule has 2 N–H and O–H groups in total. The number of fused-ring (bicyclic) bond motifs is 4. The SMILES string of the molecule is O[C@H]1C=Cc2nc3c(ccc4ccccc43)cc2[C@@H]1O. The Labute approximate surface area is 115 Å². The van der Waals surface area contributed by atoms with E-state index in [0.29, 0.717) is 5.56 Å². The average Bonchev–Trinajstić information content (AvgIpc) is 2.50. The van der Waals surface area contributed by atoms with E-state index in [-0.39, 0.29) is 0 Å². The van der Waals surface area contributed by atoms with Gasteiger partial charge in [-0.2, -0.15) is 0 Å². The first kappa shape index (κ1) is 11.6. The Morgan fingerprint density at radius 3 is 2.65 bits per heavy atom. The second-order valence-electron chi connectivity index (χ2n) is 5.12. The summed E-state index contributed by atoms with van der Waals surface area (Å²) in [6.07, 6.45) is 1.59. The van der Waals surface area contributed by atoms with Gasteiger partial charge in [0.25, 0.3) is 0 Å². The maximum atomic E-state index is 10.1. The molecule has 0 amide bonds. The van der Waals surface area contributed by atoms with Crippen LogP contribution in [-0.2, 0) is 0 Å². The largest absolute Gasteiger partial charge is 0.386 e. The van der Waals surface area contributed by atoms with Crippen LogP contribution in [-0.4, -0.2) is 21.3 Å². The van der Waals surface area contributed by atoms with E-state index in [9.17, 15) is 10.2 Å². The summed E-state index contributed by atoms with van der Waals surface area (Å²) in [5.41, 5.74) is 2.34. The number of benzene rings is 2. The molecule has 1 aliphatic carbocycles. The van der Waals surface area contributed by atoms with Crippen molar-refractivity contribution in [2.45, 2.75) is 12.2 Å². The summed E-state index contributed by atoms with van der Waals surface area (Å²) < 4.78 is 0. The number of pyridine rings is 1. The fourth-order valence-corrected chi connectivity index (χ4v) is 2.79. The van der Waals surface area contributed by atoms with Crippen LogP contribution in [0.3, 0.4) is 0 Å². The fourth-order valence-electron chi connectivity index (χ4n) is 2.79. The summed E-state index contributed by atoms with van der Waals surface area (Å²) in [4.78, 5) is 4.67. The van der Waals surface area contributed by atoms with Gasteiger partial charge in [-0.15, -0.1) is 0 Å². The van der Waals surface area contributed by atoms with Gasteiger partial charge in [-0.25, -0.2) is 4.98 Å². The quantitative estimate of drug-likeness (QED) is 0.613. The van der Waals surface area contributed by atoms with Crippen molar-refractivity contribution in [1.29, 1.82) is 0 Å². The Bertz CT molecular complexity index is 854. The third-order valence-electron chi connectivity index (χ3n) is 3.86. The number of nitrogens with zero attached hydrogens (tertiary/aromatic N) is 1. The van der Waals surface area contributed by atoms with Gasteiger partial charge in [-0.1, -0.05) is 42.5 Å². The molecule has 3 aromatic rings. The van der Waals surface area contributed by atoms with Gasteiger partial charge in [0.05, 0.1) is 11.2 Å². The van der Waals surface area contributed by atoms with E-state index in [1.165, 1.54) is 0 Å². The number of aliphatic hydroxyl groups is 2. The molecule has 98 valence electrons. The third-order valence-corrected chi connectivity index (χ3v) is 3.86. The summed E-state index contributed by atoms with van der Waals surface area (Å²) in [6.45, 7) is 0. The van der Waals surface area contributed by atoms with Crippen molar-refractivity contribution in [3.63, 3.8) is 0 Å². The average molecular weight is 263 g/mol. The van der Waals surface area contributed by atoms with Crippen LogP contribution < -0.4 is 0 Å². The van der Waals surface area contributed by atoms with Crippen molar-refractivity contribution < 1.29 is 10.2 Å². The molecule has 4 rings (SSSR count). The maximum Gasteiger partial charge on any atom is 0.111 e. The molecule has 1 heterocycles. The first-order chi connectivity index (χ1) is 9.74. The molecule has 20 heavy (non-hydrogen) atoms. The minimum Gasteiger partial charge on any atom is -0.386 e. The zero-order chi connectivity index (χ0) is 13.7. The molecule has 0 saturated carbocycles. The number of aliphatic hydroxyl groups excluding tert-OH is 2. The van der Waals surface area contributed by atoms with Crippen LogP contribution in [0.4, 0.5) is 0 Å². The molecular formula is C17H13NO2. The highest BCUT2D eigenvalue weighted by atomic mass is 16.3. The highest BCUT2D eigenvalue weighted by molar-refractivity contribution is 6.05. The van der Waals surface area contributed by atoms with Crippen LogP contribution in [0.1, 0.15) is 17.4 Å². The summed E-state index contributed by atoms with van der Waals surface area (Å²) in [5, 5.41) is 23.0. The predicted octanol–water partition coefficient (Wildman–Crippen LogP) is 2.81. The second-order valence-corrected chi connectivity index (χ2v) is 5.12. The van der Waals surface area contributed by atoms with E-state index < -0.39 is 12.2 Å². The van der Waals surface area contributed by atoms with E-state index in [1.54, 1.807) is 12.2 Å². The fraction of sp³-hybridized carbons (Fsp3) is 0.118. The minimum atomic E-state index is -0.904. The first-order valence-electron chi connectivity index (χ1n) is 6.61. The number of hydrogen-bond donors (Lipinski definition) is 2. The van der Waals surface area contributed by atoms with Crippen molar-refractivity contribution in [3.8, 4) is 0 Å². The Morgan fingerprint density at radius 2 is 1.75 bits per heavy atom. The lowest BCUT2D eigenvalue weighted by molar-refractivity contribution is 0.0468. The molecular weight excluding hydrogens is 250 g/mol. The standard InChI is InChI=1S/C17H13NO2/c19-15-8-7-14-13(17(15)20)9-11-6-5-10-3-1-2-4-12(10)16(11)18-14/h1-9,15,17,19-20H/t15-,17-/m0/s1. The Balaban J connectivity index is 2.09. The molecule has 0 fully saturated rings. The van der Waals surface area contributed by atoms with Gasteiger partial charge >= 0.3 is 0 Å². The van der Waals surface area contributed by atoms with Crippen molar-refractivity contribution in [3.05, 3.63) is 59.8 Å². The van der Waals surface area contributed by atoms with Gasteiger partial charge in [0, 0.05) is 16.3 Å². The van der Waals surface area contributed by atoms with Crippen LogP contribution in [0.15, 0.2) is 48.5 Å². The summed E-state index contributed by atoms with van der Waals surface area (Å²) in [6, 6.07) is 14.1. The normalized spacial score (nSPS) is 21.3. The van der Waals surface area contributed by atoms with Crippen LogP contribution in [0.5, 0.6) is 0 Å². The molecule has 2 aromatic carbocycles. The summed E-state index contributed by atoms with van der Waals surface area (Å²) in [7, 11) is 0. The smallest absolute Gasteiger partial charge is 0.111 e. The van der Waals surface area contributed by atoms with E-state index in [4.69, 9.17) is 0 Å². The summed E-state index contributed by atoms with van der Waals surface area (Å²) >= 11 is 0. The zero-order valence-electron chi connectivity index (χ0n) is 10.7. The van der Waals surface area contributed by atoms with Crippen LogP contribution >= 0.6 is 0 Å². The summed E-state index contributed by atoms with van der Waals surface area (Å²) in [5.74, 6) is 0. The second kappa shape index (κ2) is 4.13. The molecule has 2 atom stereocenters. The van der Waals surface area contributed by atoms with Crippen LogP contribution in [0.25, 0.3) is 27.8 Å². The van der Waals surface area contributed by atoms with E-state index >= 15 is 0 Å². The highest BCUT2D eigenvalue weighted by Crippen LogP contribution is 2.32. The maximum absolute atomic E-state index is 10.1. The lowest BCUT2D eigenvalue weighted by atomic mass is 9.94. The number of aromatic nitrogens is 1. The lowest BCUT2D eigenvalue weighted by Gasteiger charge is -2.21. The molecule has 0 aliphatic heterocycles. The molecule has 1 aliphatic rings. The first-order valence-corrected chi connectivity index (χ1v) is 6.61. The van der Waals surface area contributed by atoms with Gasteiger partial charge in [-0.05, 0) is 17.5 Å². The van der Waals surface area contributed by atoms with E-state index in [1.807, 2.05) is 30.3 Å². The predicted molar refractivity (Wildman–Crippen MR) is 79.2 cm³/mol. The zero-order valence-corrected chi connectivity index (χ0v) is 10.7. The molecule has 3 nitrogen and oxygen atoms in total. The van der Waals surface area contributed by atoms with Gasteiger partial charge in [0.1, 0.15) is 12.2 Å². The van der Waals surface area contributed by atoms with Gasteiger partial charge in [-0.3, -0.25) is 0 Å². The van der Waals surface area contributed by atoms with Gasteiger partial charge < -0.3 is 10.2 Å². The van der Waals surface area contributed by atoms with E-state index in [0.717, 1.165) is 27.4 Å². The van der Waals surface area contributed by atoms with Gasteiger partial charge in [0.2, 0.25) is 0 Å². The number of rotatable bonds is 0. The lowest BCUT2D eigenvalue weighted by Crippen LogP contribution is -2.20.